The highest BCUT2D eigenvalue weighted by atomic mass is 19.1. The van der Waals surface area contributed by atoms with Crippen molar-refractivity contribution in [2.45, 2.75) is 20.0 Å². The third-order valence-electron chi connectivity index (χ3n) is 3.12. The molecule has 6 heteroatoms. The van der Waals surface area contributed by atoms with Gasteiger partial charge in [0.05, 0.1) is 0 Å². The van der Waals surface area contributed by atoms with Crippen LogP contribution in [0.25, 0.3) is 0 Å². The number of aromatic nitrogens is 1. The molecule has 0 radical (unpaired) electrons. The van der Waals surface area contributed by atoms with Crippen LogP contribution in [0.1, 0.15) is 16.7 Å². The van der Waals surface area contributed by atoms with Crippen LogP contribution in [0, 0.1) is 12.7 Å². The van der Waals surface area contributed by atoms with E-state index in [2.05, 4.69) is 15.6 Å². The summed E-state index contributed by atoms with van der Waals surface area (Å²) in [4.78, 5) is 25.6. The number of aromatic amines is 1. The van der Waals surface area contributed by atoms with E-state index in [0.717, 1.165) is 5.56 Å². The number of hydrogen-bond acceptors (Lipinski definition) is 2. The van der Waals surface area contributed by atoms with Gasteiger partial charge in [-0.2, -0.15) is 0 Å². The Labute approximate surface area is 121 Å². The Hall–Kier alpha value is -2.63. The lowest BCUT2D eigenvalue weighted by Crippen LogP contribution is -2.36. The molecule has 0 aliphatic carbocycles. The molecule has 1 aromatic heterocycles. The highest BCUT2D eigenvalue weighted by molar-refractivity contribution is 5.73. The number of hydrogen-bond donors (Lipinski definition) is 3. The SMILES string of the molecule is Cc1cccc(F)c1CNC(=O)NCc1ccc[nH]c1=O. The molecule has 1 aromatic carbocycles. The first-order valence-corrected chi connectivity index (χ1v) is 6.50. The third-order valence-corrected chi connectivity index (χ3v) is 3.12. The highest BCUT2D eigenvalue weighted by Gasteiger charge is 2.07. The monoisotopic (exact) mass is 289 g/mol. The van der Waals surface area contributed by atoms with Gasteiger partial charge in [0.25, 0.3) is 5.56 Å². The molecule has 0 aliphatic rings. The maximum atomic E-state index is 13.6. The first-order valence-electron chi connectivity index (χ1n) is 6.50. The fourth-order valence-corrected chi connectivity index (χ4v) is 1.89. The molecule has 0 bridgehead atoms. The second-order valence-electron chi connectivity index (χ2n) is 4.60. The number of amides is 2. The first kappa shape index (κ1) is 14.8. The molecule has 110 valence electrons. The van der Waals surface area contributed by atoms with Crippen molar-refractivity contribution in [3.05, 3.63) is 69.4 Å². The van der Waals surface area contributed by atoms with E-state index >= 15 is 0 Å². The topological polar surface area (TPSA) is 74.0 Å². The van der Waals surface area contributed by atoms with E-state index < -0.39 is 6.03 Å². The second-order valence-corrected chi connectivity index (χ2v) is 4.60. The van der Waals surface area contributed by atoms with Crippen molar-refractivity contribution >= 4 is 6.03 Å². The molecule has 2 rings (SSSR count). The van der Waals surface area contributed by atoms with Gasteiger partial charge in [0.2, 0.25) is 0 Å². The molecule has 0 spiro atoms. The van der Waals surface area contributed by atoms with E-state index in [1.165, 1.54) is 12.3 Å². The number of urea groups is 1. The molecular weight excluding hydrogens is 273 g/mol. The fourth-order valence-electron chi connectivity index (χ4n) is 1.89. The Bertz CT molecular complexity index is 677. The summed E-state index contributed by atoms with van der Waals surface area (Å²) in [7, 11) is 0. The predicted molar refractivity (Wildman–Crippen MR) is 77.3 cm³/mol. The van der Waals surface area contributed by atoms with Crippen LogP contribution in [0.2, 0.25) is 0 Å². The summed E-state index contributed by atoms with van der Waals surface area (Å²) in [6, 6.07) is 7.60. The van der Waals surface area contributed by atoms with Gasteiger partial charge in [-0.15, -0.1) is 0 Å². The van der Waals surface area contributed by atoms with Crippen molar-refractivity contribution in [1.82, 2.24) is 15.6 Å². The maximum Gasteiger partial charge on any atom is 0.315 e. The summed E-state index contributed by atoms with van der Waals surface area (Å²) in [5, 5.41) is 5.12. The third kappa shape index (κ3) is 3.92. The zero-order valence-corrected chi connectivity index (χ0v) is 11.6. The van der Waals surface area contributed by atoms with Crippen LogP contribution in [-0.4, -0.2) is 11.0 Å². The zero-order valence-electron chi connectivity index (χ0n) is 11.6. The highest BCUT2D eigenvalue weighted by Crippen LogP contribution is 2.11. The average Bonchev–Trinajstić information content (AvgIpc) is 2.46. The first-order chi connectivity index (χ1) is 10.1. The van der Waals surface area contributed by atoms with E-state index in [1.807, 2.05) is 0 Å². The van der Waals surface area contributed by atoms with E-state index in [9.17, 15) is 14.0 Å². The van der Waals surface area contributed by atoms with E-state index in [1.54, 1.807) is 31.2 Å². The standard InChI is InChI=1S/C15H16FN3O2/c1-10-4-2-6-13(16)12(10)9-19-15(21)18-8-11-5-3-7-17-14(11)20/h2-7H,8-9H2,1H3,(H,17,20)(H2,18,19,21). The van der Waals surface area contributed by atoms with Gasteiger partial charge in [-0.1, -0.05) is 18.2 Å². The van der Waals surface area contributed by atoms with Gasteiger partial charge in [0.1, 0.15) is 5.82 Å². The quantitative estimate of drug-likeness (QED) is 0.803. The molecule has 2 amide bonds. The second kappa shape index (κ2) is 6.69. The van der Waals surface area contributed by atoms with Crippen LogP contribution >= 0.6 is 0 Å². The van der Waals surface area contributed by atoms with Crippen LogP contribution in [-0.2, 0) is 13.1 Å². The van der Waals surface area contributed by atoms with Crippen molar-refractivity contribution in [3.8, 4) is 0 Å². The Morgan fingerprint density at radius 2 is 1.95 bits per heavy atom. The van der Waals surface area contributed by atoms with Gasteiger partial charge >= 0.3 is 6.03 Å². The summed E-state index contributed by atoms with van der Waals surface area (Å²) < 4.78 is 13.6. The lowest BCUT2D eigenvalue weighted by molar-refractivity contribution is 0.240. The molecule has 0 fully saturated rings. The molecule has 5 nitrogen and oxygen atoms in total. The van der Waals surface area contributed by atoms with Crippen molar-refractivity contribution in [2.75, 3.05) is 0 Å². The number of rotatable bonds is 4. The van der Waals surface area contributed by atoms with E-state index in [4.69, 9.17) is 0 Å². The van der Waals surface area contributed by atoms with Gasteiger partial charge in [-0.3, -0.25) is 4.79 Å². The minimum atomic E-state index is -0.457. The summed E-state index contributed by atoms with van der Waals surface area (Å²) in [6.45, 7) is 1.98. The number of carbonyl (C=O) groups is 1. The minimum Gasteiger partial charge on any atom is -0.334 e. The van der Waals surface area contributed by atoms with Crippen molar-refractivity contribution < 1.29 is 9.18 Å². The van der Waals surface area contributed by atoms with Gasteiger partial charge in [0.15, 0.2) is 0 Å². The Balaban J connectivity index is 1.88. The fraction of sp³-hybridized carbons (Fsp3) is 0.200. The minimum absolute atomic E-state index is 0.0927. The van der Waals surface area contributed by atoms with E-state index in [0.29, 0.717) is 11.1 Å². The molecule has 1 heterocycles. The number of aryl methyl sites for hydroxylation is 1. The Morgan fingerprint density at radius 3 is 2.67 bits per heavy atom. The van der Waals surface area contributed by atoms with Crippen LogP contribution in [0.4, 0.5) is 9.18 Å². The molecule has 0 unspecified atom stereocenters. The van der Waals surface area contributed by atoms with Crippen LogP contribution < -0.4 is 16.2 Å². The van der Waals surface area contributed by atoms with Crippen molar-refractivity contribution in [1.29, 1.82) is 0 Å². The largest absolute Gasteiger partial charge is 0.334 e. The normalized spacial score (nSPS) is 10.2. The van der Waals surface area contributed by atoms with Crippen LogP contribution in [0.15, 0.2) is 41.3 Å². The maximum absolute atomic E-state index is 13.6. The Kier molecular flexibility index (Phi) is 4.71. The predicted octanol–water partition coefficient (Wildman–Crippen LogP) is 1.82. The zero-order chi connectivity index (χ0) is 15.2. The van der Waals surface area contributed by atoms with Gasteiger partial charge < -0.3 is 15.6 Å². The smallest absolute Gasteiger partial charge is 0.315 e. The van der Waals surface area contributed by atoms with Gasteiger partial charge in [-0.05, 0) is 24.6 Å². The van der Waals surface area contributed by atoms with Gasteiger partial charge in [-0.25, -0.2) is 9.18 Å². The molecule has 0 aliphatic heterocycles. The van der Waals surface area contributed by atoms with E-state index in [-0.39, 0.29) is 24.5 Å². The molecule has 3 N–H and O–H groups in total. The number of nitrogens with one attached hydrogen (secondary N) is 3. The summed E-state index contributed by atoms with van der Waals surface area (Å²) in [6.07, 6.45) is 1.52. The average molecular weight is 289 g/mol. The molecule has 0 atom stereocenters. The Morgan fingerprint density at radius 1 is 1.19 bits per heavy atom. The summed E-state index contributed by atoms with van der Waals surface area (Å²) in [5.41, 5.74) is 1.43. The lowest BCUT2D eigenvalue weighted by atomic mass is 10.1. The lowest BCUT2D eigenvalue weighted by Gasteiger charge is -2.10. The number of pyridine rings is 1. The molecule has 0 saturated carbocycles. The van der Waals surface area contributed by atoms with Crippen LogP contribution in [0.5, 0.6) is 0 Å². The number of halogens is 1. The van der Waals surface area contributed by atoms with Gasteiger partial charge in [0, 0.05) is 30.4 Å². The molecule has 0 saturated heterocycles. The number of carbonyl (C=O) groups excluding carboxylic acids is 1. The summed E-state index contributed by atoms with van der Waals surface area (Å²) in [5.74, 6) is -0.352. The number of benzene rings is 1. The van der Waals surface area contributed by atoms with Crippen molar-refractivity contribution in [3.63, 3.8) is 0 Å². The molecular formula is C15H16FN3O2. The molecule has 21 heavy (non-hydrogen) atoms. The summed E-state index contributed by atoms with van der Waals surface area (Å²) >= 11 is 0. The van der Waals surface area contributed by atoms with Crippen LogP contribution in [0.3, 0.4) is 0 Å². The van der Waals surface area contributed by atoms with Crippen molar-refractivity contribution in [2.24, 2.45) is 0 Å². The number of H-pyrrole nitrogens is 1. The molecule has 2 aromatic rings.